The maximum Gasteiger partial charge on any atom is 0.211 e. The first-order valence-corrected chi connectivity index (χ1v) is 9.80. The molecule has 0 saturated heterocycles. The van der Waals surface area contributed by atoms with Crippen molar-refractivity contribution in [1.82, 2.24) is 4.72 Å². The number of nitrogens with one attached hydrogen (secondary N) is 1. The molecule has 2 rings (SSSR count). The third-order valence-corrected chi connectivity index (χ3v) is 5.54. The maximum absolute atomic E-state index is 12.0. The molecule has 1 atom stereocenters. The average Bonchev–Trinajstić information content (AvgIpc) is 2.55. The van der Waals surface area contributed by atoms with Crippen molar-refractivity contribution in [1.29, 1.82) is 0 Å². The van der Waals surface area contributed by atoms with Gasteiger partial charge in [0.2, 0.25) is 10.0 Å². The molecule has 24 heavy (non-hydrogen) atoms. The van der Waals surface area contributed by atoms with E-state index in [1.807, 2.05) is 67.6 Å². The molecule has 0 spiro atoms. The molecule has 0 saturated carbocycles. The van der Waals surface area contributed by atoms with Gasteiger partial charge in [-0.25, -0.2) is 13.1 Å². The Labute approximate surface area is 144 Å². The normalized spacial score (nSPS) is 14.5. The van der Waals surface area contributed by atoms with Crippen LogP contribution in [0.5, 0.6) is 0 Å². The molecule has 0 aliphatic carbocycles. The number of hydrogen-bond acceptors (Lipinski definition) is 3. The summed E-state index contributed by atoms with van der Waals surface area (Å²) in [6, 6.07) is 19.3. The highest BCUT2D eigenvalue weighted by molar-refractivity contribution is 7.89. The molecule has 0 radical (unpaired) electrons. The molecule has 0 bridgehead atoms. The van der Waals surface area contributed by atoms with Crippen LogP contribution in [0, 0.1) is 0 Å². The molecular weight excluding hydrogens is 322 g/mol. The second kappa shape index (κ2) is 7.92. The van der Waals surface area contributed by atoms with Gasteiger partial charge in [-0.3, -0.25) is 0 Å². The number of rotatable bonds is 8. The van der Waals surface area contributed by atoms with Crippen LogP contribution < -0.4 is 4.72 Å². The highest BCUT2D eigenvalue weighted by Crippen LogP contribution is 2.34. The third-order valence-electron chi connectivity index (χ3n) is 4.01. The van der Waals surface area contributed by atoms with E-state index in [0.717, 1.165) is 11.1 Å². The van der Waals surface area contributed by atoms with E-state index in [-0.39, 0.29) is 18.2 Å². The smallest absolute Gasteiger partial charge is 0.211 e. The predicted octanol–water partition coefficient (Wildman–Crippen LogP) is 2.90. The van der Waals surface area contributed by atoms with Gasteiger partial charge in [0, 0.05) is 12.5 Å². The lowest BCUT2D eigenvalue weighted by Crippen LogP contribution is -2.45. The van der Waals surface area contributed by atoms with Crippen LogP contribution in [0.25, 0.3) is 0 Å². The first-order valence-electron chi connectivity index (χ1n) is 8.15. The molecule has 2 aromatic carbocycles. The Bertz CT molecular complexity index is 688. The standard InChI is InChI=1S/C19H25NO3S/c1-3-14-24(22,23)20-15-19(2,21)18(16-10-6-4-7-11-16)17-12-8-5-9-13-17/h4-13,18,20-21H,3,14-15H2,1-2H3/t19-/m0/s1. The summed E-state index contributed by atoms with van der Waals surface area (Å²) in [6.07, 6.45) is 0.540. The SMILES string of the molecule is CCCS(=O)(=O)NC[C@](C)(O)C(c1ccccc1)c1ccccc1. The van der Waals surface area contributed by atoms with Crippen molar-refractivity contribution in [2.24, 2.45) is 0 Å². The molecule has 4 nitrogen and oxygen atoms in total. The van der Waals surface area contributed by atoms with Crippen molar-refractivity contribution >= 4 is 10.0 Å². The van der Waals surface area contributed by atoms with Crippen molar-refractivity contribution < 1.29 is 13.5 Å². The number of benzene rings is 2. The monoisotopic (exact) mass is 347 g/mol. The maximum atomic E-state index is 12.0. The minimum absolute atomic E-state index is 0.0379. The largest absolute Gasteiger partial charge is 0.388 e. The predicted molar refractivity (Wildman–Crippen MR) is 97.4 cm³/mol. The lowest BCUT2D eigenvalue weighted by Gasteiger charge is -2.34. The average molecular weight is 347 g/mol. The fourth-order valence-electron chi connectivity index (χ4n) is 2.90. The van der Waals surface area contributed by atoms with Crippen LogP contribution in [-0.2, 0) is 10.0 Å². The second-order valence-electron chi connectivity index (χ2n) is 6.25. The van der Waals surface area contributed by atoms with Gasteiger partial charge >= 0.3 is 0 Å². The summed E-state index contributed by atoms with van der Waals surface area (Å²) in [4.78, 5) is 0. The van der Waals surface area contributed by atoms with Gasteiger partial charge in [0.1, 0.15) is 0 Å². The summed E-state index contributed by atoms with van der Waals surface area (Å²) < 4.78 is 26.4. The van der Waals surface area contributed by atoms with Crippen molar-refractivity contribution in [3.63, 3.8) is 0 Å². The Kier molecular flexibility index (Phi) is 6.15. The lowest BCUT2D eigenvalue weighted by atomic mass is 9.78. The van der Waals surface area contributed by atoms with Crippen LogP contribution in [-0.4, -0.2) is 31.4 Å². The van der Waals surface area contributed by atoms with E-state index < -0.39 is 15.6 Å². The minimum Gasteiger partial charge on any atom is -0.388 e. The Morgan fingerprint density at radius 2 is 1.46 bits per heavy atom. The Balaban J connectivity index is 2.32. The van der Waals surface area contributed by atoms with E-state index in [0.29, 0.717) is 6.42 Å². The Hall–Kier alpha value is -1.69. The molecule has 0 unspecified atom stereocenters. The van der Waals surface area contributed by atoms with Crippen molar-refractivity contribution in [2.45, 2.75) is 31.8 Å². The lowest BCUT2D eigenvalue weighted by molar-refractivity contribution is 0.0481. The molecule has 0 aliphatic heterocycles. The summed E-state index contributed by atoms with van der Waals surface area (Å²) in [5.41, 5.74) is 0.635. The zero-order valence-corrected chi connectivity index (χ0v) is 15.0. The Morgan fingerprint density at radius 1 is 1.00 bits per heavy atom. The third kappa shape index (κ3) is 4.90. The molecule has 0 aliphatic rings. The van der Waals surface area contributed by atoms with Gasteiger partial charge in [0.05, 0.1) is 11.4 Å². The van der Waals surface area contributed by atoms with Gasteiger partial charge in [-0.05, 0) is 24.5 Å². The summed E-state index contributed by atoms with van der Waals surface area (Å²) in [5.74, 6) is -0.269. The topological polar surface area (TPSA) is 66.4 Å². The van der Waals surface area contributed by atoms with Crippen molar-refractivity contribution in [3.05, 3.63) is 71.8 Å². The molecular formula is C19H25NO3S. The summed E-state index contributed by atoms with van der Waals surface area (Å²) in [7, 11) is -3.37. The van der Waals surface area contributed by atoms with E-state index in [1.54, 1.807) is 6.92 Å². The number of hydrogen-bond donors (Lipinski definition) is 2. The highest BCUT2D eigenvalue weighted by atomic mass is 32.2. The zero-order valence-electron chi connectivity index (χ0n) is 14.1. The summed E-state index contributed by atoms with van der Waals surface area (Å²) >= 11 is 0. The van der Waals surface area contributed by atoms with Crippen LogP contribution in [0.4, 0.5) is 0 Å². The van der Waals surface area contributed by atoms with Crippen LogP contribution in [0.2, 0.25) is 0 Å². The Morgan fingerprint density at radius 3 is 1.88 bits per heavy atom. The first kappa shape index (κ1) is 18.6. The fraction of sp³-hybridized carbons (Fsp3) is 0.368. The zero-order chi connectivity index (χ0) is 17.6. The van der Waals surface area contributed by atoms with Gasteiger partial charge < -0.3 is 5.11 Å². The van der Waals surface area contributed by atoms with Crippen LogP contribution >= 0.6 is 0 Å². The number of sulfonamides is 1. The van der Waals surface area contributed by atoms with Gasteiger partial charge in [0.15, 0.2) is 0 Å². The second-order valence-corrected chi connectivity index (χ2v) is 8.18. The van der Waals surface area contributed by atoms with Crippen LogP contribution in [0.3, 0.4) is 0 Å². The van der Waals surface area contributed by atoms with Crippen LogP contribution in [0.1, 0.15) is 37.3 Å². The van der Waals surface area contributed by atoms with Gasteiger partial charge in [-0.2, -0.15) is 0 Å². The van der Waals surface area contributed by atoms with Gasteiger partial charge in [-0.15, -0.1) is 0 Å². The van der Waals surface area contributed by atoms with E-state index in [2.05, 4.69) is 4.72 Å². The quantitative estimate of drug-likeness (QED) is 0.772. The van der Waals surface area contributed by atoms with Gasteiger partial charge in [0.25, 0.3) is 0 Å². The molecule has 0 amide bonds. The fourth-order valence-corrected chi connectivity index (χ4v) is 4.09. The molecule has 0 fully saturated rings. The molecule has 5 heteroatoms. The van der Waals surface area contributed by atoms with Crippen LogP contribution in [0.15, 0.2) is 60.7 Å². The van der Waals surface area contributed by atoms with Gasteiger partial charge in [-0.1, -0.05) is 67.6 Å². The van der Waals surface area contributed by atoms with Crippen molar-refractivity contribution in [3.8, 4) is 0 Å². The molecule has 2 N–H and O–H groups in total. The van der Waals surface area contributed by atoms with E-state index >= 15 is 0 Å². The van der Waals surface area contributed by atoms with E-state index in [9.17, 15) is 13.5 Å². The molecule has 130 valence electrons. The summed E-state index contributed by atoms with van der Waals surface area (Å²) in [6.45, 7) is 3.45. The molecule has 0 heterocycles. The molecule has 0 aromatic heterocycles. The summed E-state index contributed by atoms with van der Waals surface area (Å²) in [5, 5.41) is 11.1. The highest BCUT2D eigenvalue weighted by Gasteiger charge is 2.35. The number of aliphatic hydroxyl groups is 1. The van der Waals surface area contributed by atoms with E-state index in [4.69, 9.17) is 0 Å². The van der Waals surface area contributed by atoms with E-state index in [1.165, 1.54) is 0 Å². The minimum atomic E-state index is -3.37. The first-order chi connectivity index (χ1) is 11.4. The molecule has 2 aromatic rings. The van der Waals surface area contributed by atoms with Crippen molar-refractivity contribution in [2.75, 3.05) is 12.3 Å².